The predicted octanol–water partition coefficient (Wildman–Crippen LogP) is 5.37. The first kappa shape index (κ1) is 23.5. The molecule has 0 bridgehead atoms. The molecule has 0 spiro atoms. The average Bonchev–Trinajstić information content (AvgIpc) is 3.38. The van der Waals surface area contributed by atoms with E-state index in [2.05, 4.69) is 15.2 Å². The molecule has 1 N–H and O–H groups in total. The Hall–Kier alpha value is -3.65. The molecule has 7 nitrogen and oxygen atoms in total. The summed E-state index contributed by atoms with van der Waals surface area (Å²) in [4.78, 5) is 28.1. The van der Waals surface area contributed by atoms with Gasteiger partial charge >= 0.3 is 0 Å². The Labute approximate surface area is 202 Å². The minimum absolute atomic E-state index is 0.0569. The molecule has 2 aromatic carbocycles. The molecular formula is C26H26N4O3S. The standard InChI is InChI=1S/C26H26N4O3S/c1-15-10-12-19(13-11-15)30-25(20-8-6-7-9-22(20)33-5)28-29-26(30)34-14-21(32)24-16(2)23(18(4)31)17(3)27-24/h6-13,27H,14H2,1-5H3. The van der Waals surface area contributed by atoms with Crippen LogP contribution in [-0.4, -0.2) is 44.2 Å². The number of aromatic amines is 1. The molecule has 0 atom stereocenters. The fraction of sp³-hybridized carbons (Fsp3) is 0.231. The second kappa shape index (κ2) is 9.69. The van der Waals surface area contributed by atoms with E-state index in [0.717, 1.165) is 16.8 Å². The molecule has 174 valence electrons. The topological polar surface area (TPSA) is 89.9 Å². The smallest absolute Gasteiger partial charge is 0.196 e. The maximum Gasteiger partial charge on any atom is 0.196 e. The number of nitrogens with one attached hydrogen (secondary N) is 1. The van der Waals surface area contributed by atoms with Crippen LogP contribution in [0.4, 0.5) is 0 Å². The van der Waals surface area contributed by atoms with Crippen LogP contribution in [0.25, 0.3) is 17.1 Å². The number of aryl methyl sites for hydroxylation is 2. The second-order valence-corrected chi connectivity index (χ2v) is 9.01. The van der Waals surface area contributed by atoms with Crippen LogP contribution in [0.15, 0.2) is 53.7 Å². The number of carbonyl (C=O) groups is 2. The van der Waals surface area contributed by atoms with Crippen LogP contribution in [0.1, 0.15) is 44.6 Å². The van der Waals surface area contributed by atoms with E-state index in [4.69, 9.17) is 4.74 Å². The highest BCUT2D eigenvalue weighted by atomic mass is 32.2. The van der Waals surface area contributed by atoms with Crippen molar-refractivity contribution < 1.29 is 14.3 Å². The third-order valence-electron chi connectivity index (χ3n) is 5.67. The maximum absolute atomic E-state index is 13.1. The zero-order chi connectivity index (χ0) is 24.4. The van der Waals surface area contributed by atoms with Gasteiger partial charge in [0.1, 0.15) is 5.75 Å². The number of Topliss-reactive ketones (excluding diaryl/α,β-unsaturated/α-hetero) is 2. The van der Waals surface area contributed by atoms with Crippen molar-refractivity contribution in [2.45, 2.75) is 32.9 Å². The average molecular weight is 475 g/mol. The third kappa shape index (κ3) is 4.41. The van der Waals surface area contributed by atoms with Gasteiger partial charge in [0.15, 0.2) is 22.5 Å². The van der Waals surface area contributed by atoms with E-state index in [1.54, 1.807) is 21.0 Å². The Morgan fingerprint density at radius 3 is 2.38 bits per heavy atom. The van der Waals surface area contributed by atoms with E-state index in [1.807, 2.05) is 60.0 Å². The van der Waals surface area contributed by atoms with Gasteiger partial charge in [0.2, 0.25) is 0 Å². The molecule has 0 radical (unpaired) electrons. The summed E-state index contributed by atoms with van der Waals surface area (Å²) in [5.41, 5.74) is 5.26. The first-order chi connectivity index (χ1) is 16.3. The fourth-order valence-electron chi connectivity index (χ4n) is 4.05. The minimum atomic E-state index is -0.101. The molecule has 0 saturated heterocycles. The Morgan fingerprint density at radius 1 is 1.03 bits per heavy atom. The van der Waals surface area contributed by atoms with Crippen LogP contribution < -0.4 is 4.74 Å². The van der Waals surface area contributed by atoms with E-state index in [0.29, 0.717) is 39.2 Å². The van der Waals surface area contributed by atoms with Crippen molar-refractivity contribution in [3.05, 3.63) is 76.6 Å². The van der Waals surface area contributed by atoms with Gasteiger partial charge in [-0.05, 0) is 57.5 Å². The Morgan fingerprint density at radius 2 is 1.74 bits per heavy atom. The molecule has 0 unspecified atom stereocenters. The first-order valence-corrected chi connectivity index (χ1v) is 11.8. The van der Waals surface area contributed by atoms with Crippen molar-refractivity contribution in [3.63, 3.8) is 0 Å². The van der Waals surface area contributed by atoms with Gasteiger partial charge in [-0.15, -0.1) is 10.2 Å². The molecule has 0 saturated carbocycles. The molecule has 0 fully saturated rings. The van der Waals surface area contributed by atoms with Crippen molar-refractivity contribution in [2.75, 3.05) is 12.9 Å². The summed E-state index contributed by atoms with van der Waals surface area (Å²) in [6.45, 7) is 7.14. The number of rotatable bonds is 8. The van der Waals surface area contributed by atoms with Crippen molar-refractivity contribution in [1.29, 1.82) is 0 Å². The summed E-state index contributed by atoms with van der Waals surface area (Å²) < 4.78 is 7.48. The lowest BCUT2D eigenvalue weighted by atomic mass is 10.1. The lowest BCUT2D eigenvalue weighted by molar-refractivity contribution is 0.101. The zero-order valence-electron chi connectivity index (χ0n) is 19.8. The highest BCUT2D eigenvalue weighted by molar-refractivity contribution is 7.99. The molecular weight excluding hydrogens is 448 g/mol. The third-order valence-corrected chi connectivity index (χ3v) is 6.60. The molecule has 34 heavy (non-hydrogen) atoms. The quantitative estimate of drug-likeness (QED) is 0.273. The van der Waals surface area contributed by atoms with E-state index in [-0.39, 0.29) is 17.3 Å². The van der Waals surface area contributed by atoms with Crippen molar-refractivity contribution in [3.8, 4) is 22.8 Å². The number of benzene rings is 2. The van der Waals surface area contributed by atoms with Gasteiger partial charge in [-0.25, -0.2) is 0 Å². The molecule has 0 aliphatic heterocycles. The van der Waals surface area contributed by atoms with Crippen LogP contribution in [0.3, 0.4) is 0 Å². The number of methoxy groups -OCH3 is 1. The highest BCUT2D eigenvalue weighted by Gasteiger charge is 2.23. The molecule has 0 aliphatic rings. The molecule has 0 amide bonds. The normalized spacial score (nSPS) is 11.0. The molecule has 4 aromatic rings. The van der Waals surface area contributed by atoms with Crippen LogP contribution >= 0.6 is 11.8 Å². The maximum atomic E-state index is 13.1. The van der Waals surface area contributed by atoms with E-state index in [9.17, 15) is 9.59 Å². The summed E-state index contributed by atoms with van der Waals surface area (Å²) in [6.07, 6.45) is 0. The van der Waals surface area contributed by atoms with Crippen LogP contribution in [-0.2, 0) is 0 Å². The molecule has 4 rings (SSSR count). The van der Waals surface area contributed by atoms with Crippen LogP contribution in [0.5, 0.6) is 5.75 Å². The Balaban J connectivity index is 1.71. The number of hydrogen-bond donors (Lipinski definition) is 1. The van der Waals surface area contributed by atoms with Crippen molar-refractivity contribution in [2.24, 2.45) is 0 Å². The van der Waals surface area contributed by atoms with E-state index >= 15 is 0 Å². The number of hydrogen-bond acceptors (Lipinski definition) is 6. The number of carbonyl (C=O) groups excluding carboxylic acids is 2. The van der Waals surface area contributed by atoms with Gasteiger partial charge in [0.25, 0.3) is 0 Å². The molecule has 2 aromatic heterocycles. The van der Waals surface area contributed by atoms with Crippen LogP contribution in [0, 0.1) is 20.8 Å². The largest absolute Gasteiger partial charge is 0.496 e. The van der Waals surface area contributed by atoms with Gasteiger partial charge in [-0.1, -0.05) is 41.6 Å². The molecule has 8 heteroatoms. The summed E-state index contributed by atoms with van der Waals surface area (Å²) in [6, 6.07) is 15.7. The summed E-state index contributed by atoms with van der Waals surface area (Å²) >= 11 is 1.30. The Bertz CT molecular complexity index is 1370. The highest BCUT2D eigenvalue weighted by Crippen LogP contribution is 2.33. The second-order valence-electron chi connectivity index (χ2n) is 8.07. The first-order valence-electron chi connectivity index (χ1n) is 10.8. The fourth-order valence-corrected chi connectivity index (χ4v) is 4.88. The number of ketones is 2. The van der Waals surface area contributed by atoms with Gasteiger partial charge in [-0.2, -0.15) is 0 Å². The van der Waals surface area contributed by atoms with E-state index in [1.165, 1.54) is 18.7 Å². The summed E-state index contributed by atoms with van der Waals surface area (Å²) in [7, 11) is 1.62. The minimum Gasteiger partial charge on any atom is -0.496 e. The Kier molecular flexibility index (Phi) is 6.70. The number of ether oxygens (including phenoxy) is 1. The number of aromatic nitrogens is 4. The number of thioether (sulfide) groups is 1. The summed E-state index contributed by atoms with van der Waals surface area (Å²) in [5, 5.41) is 9.45. The lowest BCUT2D eigenvalue weighted by Crippen LogP contribution is -2.07. The lowest BCUT2D eigenvalue weighted by Gasteiger charge is -2.12. The van der Waals surface area contributed by atoms with Gasteiger partial charge in [0, 0.05) is 16.9 Å². The van der Waals surface area contributed by atoms with Gasteiger partial charge < -0.3 is 9.72 Å². The van der Waals surface area contributed by atoms with Crippen LogP contribution in [0.2, 0.25) is 0 Å². The summed E-state index contributed by atoms with van der Waals surface area (Å²) in [5.74, 6) is 1.30. The van der Waals surface area contributed by atoms with Crippen molar-refractivity contribution >= 4 is 23.3 Å². The predicted molar refractivity (Wildman–Crippen MR) is 133 cm³/mol. The van der Waals surface area contributed by atoms with E-state index < -0.39 is 0 Å². The van der Waals surface area contributed by atoms with Gasteiger partial charge in [-0.3, -0.25) is 14.2 Å². The zero-order valence-corrected chi connectivity index (χ0v) is 20.6. The number of nitrogens with zero attached hydrogens (tertiary/aromatic N) is 3. The molecule has 0 aliphatic carbocycles. The molecule has 2 heterocycles. The van der Waals surface area contributed by atoms with Crippen molar-refractivity contribution in [1.82, 2.24) is 19.7 Å². The number of para-hydroxylation sites is 1. The van der Waals surface area contributed by atoms with Gasteiger partial charge in [0.05, 0.1) is 24.1 Å². The SMILES string of the molecule is COc1ccccc1-c1nnc(SCC(=O)c2[nH]c(C)c(C(C)=O)c2C)n1-c1ccc(C)cc1. The number of H-pyrrole nitrogens is 1. The monoisotopic (exact) mass is 474 g/mol.